The Morgan fingerprint density at radius 1 is 1.24 bits per heavy atom. The van der Waals surface area contributed by atoms with Crippen LogP contribution in [0.4, 0.5) is 0 Å². The molecule has 0 unspecified atom stereocenters. The molecular weight excluding hydrogens is 338 g/mol. The molecule has 0 N–H and O–H groups in total. The third kappa shape index (κ3) is 4.20. The minimum atomic E-state index is -0.542. The van der Waals surface area contributed by atoms with Crippen LogP contribution in [0.2, 0.25) is 5.02 Å². The van der Waals surface area contributed by atoms with Gasteiger partial charge in [-0.3, -0.25) is 4.79 Å². The van der Waals surface area contributed by atoms with Crippen LogP contribution in [0.25, 0.3) is 6.08 Å². The zero-order valence-corrected chi connectivity index (χ0v) is 15.0. The number of halogens is 1. The molecule has 1 saturated carbocycles. The average molecular weight is 358 g/mol. The maximum atomic E-state index is 12.4. The Morgan fingerprint density at radius 3 is 2.56 bits per heavy atom. The summed E-state index contributed by atoms with van der Waals surface area (Å²) in [5.74, 6) is -0.715. The summed E-state index contributed by atoms with van der Waals surface area (Å²) in [6.07, 6.45) is 5.26. The van der Waals surface area contributed by atoms with E-state index < -0.39 is 5.97 Å². The van der Waals surface area contributed by atoms with Gasteiger partial charge < -0.3 is 9.30 Å². The lowest BCUT2D eigenvalue weighted by molar-refractivity contribution is -0.136. The first kappa shape index (κ1) is 17.5. The van der Waals surface area contributed by atoms with E-state index in [1.54, 1.807) is 30.3 Å². The number of aryl methyl sites for hydroxylation is 1. The van der Waals surface area contributed by atoms with Gasteiger partial charge in [0.1, 0.15) is 0 Å². The van der Waals surface area contributed by atoms with Crippen molar-refractivity contribution >= 4 is 29.4 Å². The fourth-order valence-corrected chi connectivity index (χ4v) is 3.08. The second kappa shape index (κ2) is 7.28. The summed E-state index contributed by atoms with van der Waals surface area (Å²) in [5.41, 5.74) is 3.51. The third-order valence-electron chi connectivity index (χ3n) is 4.32. The van der Waals surface area contributed by atoms with Crippen molar-refractivity contribution in [3.8, 4) is 0 Å². The van der Waals surface area contributed by atoms with Crippen molar-refractivity contribution in [3.63, 3.8) is 0 Å². The van der Waals surface area contributed by atoms with E-state index >= 15 is 0 Å². The second-order valence-corrected chi connectivity index (χ2v) is 6.74. The number of aromatic nitrogens is 1. The smallest absolute Gasteiger partial charge is 0.331 e. The zero-order valence-electron chi connectivity index (χ0n) is 14.3. The van der Waals surface area contributed by atoms with Crippen molar-refractivity contribution in [2.24, 2.45) is 0 Å². The molecule has 1 aliphatic carbocycles. The van der Waals surface area contributed by atoms with Gasteiger partial charge in [-0.05, 0) is 56.5 Å². The monoisotopic (exact) mass is 357 g/mol. The second-order valence-electron chi connectivity index (χ2n) is 6.30. The number of ether oxygens (including phenoxy) is 1. The number of esters is 1. The molecule has 3 rings (SSSR count). The Bertz CT molecular complexity index is 829. The predicted molar refractivity (Wildman–Crippen MR) is 98.0 cm³/mol. The van der Waals surface area contributed by atoms with Crippen molar-refractivity contribution in [1.29, 1.82) is 0 Å². The Hall–Kier alpha value is -2.33. The van der Waals surface area contributed by atoms with Crippen molar-refractivity contribution in [2.75, 3.05) is 6.61 Å². The zero-order chi connectivity index (χ0) is 18.0. The molecule has 0 bridgehead atoms. The van der Waals surface area contributed by atoms with Crippen LogP contribution >= 0.6 is 11.6 Å². The van der Waals surface area contributed by atoms with Crippen molar-refractivity contribution in [3.05, 3.63) is 63.9 Å². The number of hydrogen-bond donors (Lipinski definition) is 0. The van der Waals surface area contributed by atoms with Crippen molar-refractivity contribution < 1.29 is 14.3 Å². The molecule has 0 spiro atoms. The van der Waals surface area contributed by atoms with Crippen LogP contribution in [-0.4, -0.2) is 22.9 Å². The highest BCUT2D eigenvalue weighted by molar-refractivity contribution is 6.30. The van der Waals surface area contributed by atoms with E-state index in [0.717, 1.165) is 29.8 Å². The summed E-state index contributed by atoms with van der Waals surface area (Å²) in [4.78, 5) is 24.2. The van der Waals surface area contributed by atoms with Crippen LogP contribution in [0.15, 0.2) is 36.4 Å². The van der Waals surface area contributed by atoms with E-state index in [0.29, 0.717) is 16.6 Å². The molecule has 1 aliphatic rings. The normalized spacial score (nSPS) is 14.0. The molecule has 0 aliphatic heterocycles. The standard InChI is InChI=1S/C20H20ClNO3/c1-13-11-18(14(2)22(13)17-8-9-17)19(23)12-25-20(24)10-5-15-3-6-16(21)7-4-15/h3-7,10-11,17H,8-9,12H2,1-2H3/b10-5+. The Balaban J connectivity index is 1.57. The molecule has 0 radical (unpaired) electrons. The first-order valence-electron chi connectivity index (χ1n) is 8.27. The molecular formula is C20H20ClNO3. The average Bonchev–Trinajstić information content (AvgIpc) is 3.37. The molecule has 130 valence electrons. The predicted octanol–water partition coefficient (Wildman–Crippen LogP) is 4.53. The molecule has 5 heteroatoms. The van der Waals surface area contributed by atoms with E-state index in [1.807, 2.05) is 19.9 Å². The van der Waals surface area contributed by atoms with Gasteiger partial charge in [-0.25, -0.2) is 4.79 Å². The summed E-state index contributed by atoms with van der Waals surface area (Å²) in [7, 11) is 0. The van der Waals surface area contributed by atoms with E-state index in [4.69, 9.17) is 16.3 Å². The van der Waals surface area contributed by atoms with Crippen molar-refractivity contribution in [1.82, 2.24) is 4.57 Å². The topological polar surface area (TPSA) is 48.3 Å². The van der Waals surface area contributed by atoms with Crippen LogP contribution in [0.1, 0.15) is 46.2 Å². The minimum absolute atomic E-state index is 0.173. The fraction of sp³-hybridized carbons (Fsp3) is 0.300. The highest BCUT2D eigenvalue weighted by Crippen LogP contribution is 2.38. The quantitative estimate of drug-likeness (QED) is 0.433. The van der Waals surface area contributed by atoms with Crippen LogP contribution < -0.4 is 0 Å². The van der Waals surface area contributed by atoms with Gasteiger partial charge in [-0.2, -0.15) is 0 Å². The van der Waals surface area contributed by atoms with Crippen LogP contribution in [0, 0.1) is 13.8 Å². The third-order valence-corrected chi connectivity index (χ3v) is 4.58. The van der Waals surface area contributed by atoms with Gasteiger partial charge >= 0.3 is 5.97 Å². The fourth-order valence-electron chi connectivity index (χ4n) is 2.95. The number of benzene rings is 1. The molecule has 1 aromatic carbocycles. The van der Waals surface area contributed by atoms with E-state index in [2.05, 4.69) is 4.57 Å². The van der Waals surface area contributed by atoms with E-state index in [-0.39, 0.29) is 12.4 Å². The van der Waals surface area contributed by atoms with Gasteiger partial charge in [0, 0.05) is 34.1 Å². The summed E-state index contributed by atoms with van der Waals surface area (Å²) < 4.78 is 7.28. The number of carbonyl (C=O) groups excluding carboxylic acids is 2. The van der Waals surface area contributed by atoms with Gasteiger partial charge in [-0.1, -0.05) is 23.7 Å². The number of rotatable bonds is 6. The largest absolute Gasteiger partial charge is 0.454 e. The van der Waals surface area contributed by atoms with Gasteiger partial charge in [-0.15, -0.1) is 0 Å². The molecule has 1 heterocycles. The maximum absolute atomic E-state index is 12.4. The lowest BCUT2D eigenvalue weighted by Crippen LogP contribution is -2.13. The lowest BCUT2D eigenvalue weighted by Gasteiger charge is -2.07. The van der Waals surface area contributed by atoms with Gasteiger partial charge in [0.15, 0.2) is 6.61 Å². The number of nitrogens with zero attached hydrogens (tertiary/aromatic N) is 1. The molecule has 25 heavy (non-hydrogen) atoms. The summed E-state index contributed by atoms with van der Waals surface area (Å²) >= 11 is 5.81. The number of ketones is 1. The number of hydrogen-bond acceptors (Lipinski definition) is 3. The van der Waals surface area contributed by atoms with Crippen LogP contribution in [0.5, 0.6) is 0 Å². The number of carbonyl (C=O) groups is 2. The molecule has 1 aromatic heterocycles. The molecule has 1 fully saturated rings. The Kier molecular flexibility index (Phi) is 5.09. The highest BCUT2D eigenvalue weighted by Gasteiger charge is 2.28. The van der Waals surface area contributed by atoms with Gasteiger partial charge in [0.05, 0.1) is 0 Å². The summed E-state index contributed by atoms with van der Waals surface area (Å²) in [5, 5.41) is 0.633. The van der Waals surface area contributed by atoms with E-state index in [9.17, 15) is 9.59 Å². The van der Waals surface area contributed by atoms with Gasteiger partial charge in [0.25, 0.3) is 0 Å². The first-order valence-corrected chi connectivity index (χ1v) is 8.65. The lowest BCUT2D eigenvalue weighted by atomic mass is 10.1. The highest BCUT2D eigenvalue weighted by atomic mass is 35.5. The maximum Gasteiger partial charge on any atom is 0.331 e. The molecule has 0 amide bonds. The van der Waals surface area contributed by atoms with E-state index in [1.165, 1.54) is 6.08 Å². The Morgan fingerprint density at radius 2 is 1.92 bits per heavy atom. The van der Waals surface area contributed by atoms with Crippen LogP contribution in [-0.2, 0) is 9.53 Å². The molecule has 0 atom stereocenters. The van der Waals surface area contributed by atoms with Crippen LogP contribution in [0.3, 0.4) is 0 Å². The first-order chi connectivity index (χ1) is 12.0. The Labute approximate surface area is 152 Å². The SMILES string of the molecule is Cc1cc(C(=O)COC(=O)/C=C/c2ccc(Cl)cc2)c(C)n1C1CC1. The van der Waals surface area contributed by atoms with Crippen molar-refractivity contribution in [2.45, 2.75) is 32.7 Å². The summed E-state index contributed by atoms with van der Waals surface area (Å²) in [6.45, 7) is 3.70. The minimum Gasteiger partial charge on any atom is -0.454 e. The molecule has 0 saturated heterocycles. The molecule has 2 aromatic rings. The number of Topliss-reactive ketones (excluding diaryl/α,β-unsaturated/α-hetero) is 1. The van der Waals surface area contributed by atoms with Gasteiger partial charge in [0.2, 0.25) is 5.78 Å². The molecule has 4 nitrogen and oxygen atoms in total. The summed E-state index contributed by atoms with van der Waals surface area (Å²) in [6, 6.07) is 9.48.